The number of esters is 1. The Kier molecular flexibility index (Phi) is 5.22. The van der Waals surface area contributed by atoms with Crippen molar-refractivity contribution in [2.24, 2.45) is 5.92 Å². The molecule has 1 aliphatic heterocycles. The van der Waals surface area contributed by atoms with Gasteiger partial charge in [-0.1, -0.05) is 0 Å². The zero-order valence-corrected chi connectivity index (χ0v) is 13.0. The molecule has 0 radical (unpaired) electrons. The van der Waals surface area contributed by atoms with Crippen LogP contribution in [0.15, 0.2) is 0 Å². The van der Waals surface area contributed by atoms with Crippen molar-refractivity contribution in [3.8, 4) is 0 Å². The average Bonchev–Trinajstić information content (AvgIpc) is 2.44. The molecule has 0 spiro atoms. The van der Waals surface area contributed by atoms with E-state index in [9.17, 15) is 14.7 Å². The Morgan fingerprint density at radius 3 is 2.62 bits per heavy atom. The highest BCUT2D eigenvalue weighted by Gasteiger charge is 2.38. The summed E-state index contributed by atoms with van der Waals surface area (Å²) in [6, 6.07) is 0. The van der Waals surface area contributed by atoms with Crippen molar-refractivity contribution in [3.63, 3.8) is 0 Å². The van der Waals surface area contributed by atoms with E-state index in [2.05, 4.69) is 0 Å². The van der Waals surface area contributed by atoms with Crippen LogP contribution in [0.25, 0.3) is 0 Å². The highest BCUT2D eigenvalue weighted by molar-refractivity contribution is 5.78. The van der Waals surface area contributed by atoms with Crippen LogP contribution in [-0.2, 0) is 14.3 Å². The number of hydrogen-bond donors (Lipinski definition) is 1. The highest BCUT2D eigenvalue weighted by Crippen LogP contribution is 2.33. The molecular weight excluding hydrogens is 272 g/mol. The van der Waals surface area contributed by atoms with Crippen molar-refractivity contribution in [2.45, 2.75) is 38.2 Å². The van der Waals surface area contributed by atoms with Gasteiger partial charge in [-0.15, -0.1) is 0 Å². The van der Waals surface area contributed by atoms with Gasteiger partial charge in [-0.3, -0.25) is 14.5 Å². The number of hydrogen-bond acceptors (Lipinski definition) is 5. The molecule has 21 heavy (non-hydrogen) atoms. The Morgan fingerprint density at radius 1 is 1.38 bits per heavy atom. The molecule has 1 saturated carbocycles. The number of nitrogens with zero attached hydrogens (tertiary/aromatic N) is 2. The minimum Gasteiger partial charge on any atom is -0.466 e. The third-order valence-corrected chi connectivity index (χ3v) is 4.59. The highest BCUT2D eigenvalue weighted by atomic mass is 16.5. The van der Waals surface area contributed by atoms with Crippen LogP contribution in [-0.4, -0.2) is 72.2 Å². The minimum atomic E-state index is -0.779. The number of rotatable bonds is 4. The van der Waals surface area contributed by atoms with Gasteiger partial charge in [-0.05, 0) is 32.6 Å². The van der Waals surface area contributed by atoms with E-state index in [4.69, 9.17) is 4.74 Å². The summed E-state index contributed by atoms with van der Waals surface area (Å²) in [5.74, 6) is -0.126. The van der Waals surface area contributed by atoms with E-state index in [-0.39, 0.29) is 17.8 Å². The number of aliphatic hydroxyl groups is 1. The molecule has 2 aliphatic rings. The Bertz CT molecular complexity index is 391. The van der Waals surface area contributed by atoms with Crippen LogP contribution < -0.4 is 0 Å². The van der Waals surface area contributed by atoms with Gasteiger partial charge in [0.25, 0.3) is 0 Å². The molecule has 1 heterocycles. The van der Waals surface area contributed by atoms with Gasteiger partial charge in [0.1, 0.15) is 0 Å². The number of carbonyl (C=O) groups excluding carboxylic acids is 2. The molecule has 0 aromatic heterocycles. The van der Waals surface area contributed by atoms with Crippen LogP contribution >= 0.6 is 0 Å². The topological polar surface area (TPSA) is 70.1 Å². The lowest BCUT2D eigenvalue weighted by atomic mass is 9.78. The second kappa shape index (κ2) is 6.75. The SMILES string of the molecule is CCOC(=O)C1CCC(O)(CN2CCN(C)C(=O)C2)CC1. The van der Waals surface area contributed by atoms with Crippen molar-refractivity contribution in [3.05, 3.63) is 0 Å². The van der Waals surface area contributed by atoms with E-state index in [1.54, 1.807) is 18.9 Å². The zero-order valence-electron chi connectivity index (χ0n) is 13.0. The third-order valence-electron chi connectivity index (χ3n) is 4.59. The van der Waals surface area contributed by atoms with Crippen LogP contribution in [0.4, 0.5) is 0 Å². The summed E-state index contributed by atoms with van der Waals surface area (Å²) in [6.07, 6.45) is 2.52. The van der Waals surface area contributed by atoms with Gasteiger partial charge in [0, 0.05) is 26.7 Å². The van der Waals surface area contributed by atoms with Crippen LogP contribution in [0.1, 0.15) is 32.6 Å². The van der Waals surface area contributed by atoms with Gasteiger partial charge in [-0.2, -0.15) is 0 Å². The Balaban J connectivity index is 1.82. The van der Waals surface area contributed by atoms with E-state index in [0.29, 0.717) is 51.9 Å². The van der Waals surface area contributed by atoms with Crippen molar-refractivity contribution < 1.29 is 19.4 Å². The maximum absolute atomic E-state index is 11.7. The van der Waals surface area contributed by atoms with Crippen molar-refractivity contribution >= 4 is 11.9 Å². The molecule has 120 valence electrons. The maximum Gasteiger partial charge on any atom is 0.308 e. The molecule has 0 bridgehead atoms. The summed E-state index contributed by atoms with van der Waals surface area (Å²) in [5.41, 5.74) is -0.779. The smallest absolute Gasteiger partial charge is 0.308 e. The molecule has 0 aromatic rings. The molecule has 2 rings (SSSR count). The molecule has 0 unspecified atom stereocenters. The Hall–Kier alpha value is -1.14. The number of carbonyl (C=O) groups is 2. The maximum atomic E-state index is 11.7. The van der Waals surface area contributed by atoms with Crippen molar-refractivity contribution in [1.82, 2.24) is 9.80 Å². The lowest BCUT2D eigenvalue weighted by Gasteiger charge is -2.41. The van der Waals surface area contributed by atoms with E-state index in [0.717, 1.165) is 6.54 Å². The first-order chi connectivity index (χ1) is 9.93. The van der Waals surface area contributed by atoms with E-state index < -0.39 is 5.60 Å². The fourth-order valence-corrected chi connectivity index (χ4v) is 3.17. The second-order valence-corrected chi connectivity index (χ2v) is 6.28. The van der Waals surface area contributed by atoms with Crippen LogP contribution in [0.3, 0.4) is 0 Å². The van der Waals surface area contributed by atoms with Gasteiger partial charge < -0.3 is 14.7 Å². The number of piperazine rings is 1. The van der Waals surface area contributed by atoms with Gasteiger partial charge in [0.2, 0.25) is 5.91 Å². The summed E-state index contributed by atoms with van der Waals surface area (Å²) in [5, 5.41) is 10.7. The van der Waals surface area contributed by atoms with Crippen LogP contribution in [0, 0.1) is 5.92 Å². The van der Waals surface area contributed by atoms with Gasteiger partial charge in [-0.25, -0.2) is 0 Å². The summed E-state index contributed by atoms with van der Waals surface area (Å²) in [7, 11) is 1.80. The molecule has 1 N–H and O–H groups in total. The molecule has 0 aromatic carbocycles. The van der Waals surface area contributed by atoms with Crippen LogP contribution in [0.5, 0.6) is 0 Å². The molecule has 6 nitrogen and oxygen atoms in total. The molecule has 0 atom stereocenters. The second-order valence-electron chi connectivity index (χ2n) is 6.28. The number of amides is 1. The number of likely N-dealkylation sites (N-methyl/N-ethyl adjacent to an activating group) is 1. The normalized spacial score (nSPS) is 31.3. The standard InChI is InChI=1S/C15H26N2O4/c1-3-21-14(19)12-4-6-15(20,7-5-12)11-17-9-8-16(2)13(18)10-17/h12,20H,3-11H2,1-2H3. The van der Waals surface area contributed by atoms with Gasteiger partial charge >= 0.3 is 5.97 Å². The minimum absolute atomic E-state index is 0.0839. The molecular formula is C15H26N2O4. The van der Waals surface area contributed by atoms with Gasteiger partial charge in [0.05, 0.1) is 24.7 Å². The predicted octanol–water partition coefficient (Wildman–Crippen LogP) is 0.245. The zero-order chi connectivity index (χ0) is 15.5. The van der Waals surface area contributed by atoms with Crippen molar-refractivity contribution in [1.29, 1.82) is 0 Å². The fourth-order valence-electron chi connectivity index (χ4n) is 3.17. The first kappa shape index (κ1) is 16.2. The number of β-amino-alcohol motifs (C(OH)–C–C–N with tert-alkyl or cyclic N) is 1. The summed E-state index contributed by atoms with van der Waals surface area (Å²) >= 11 is 0. The Labute approximate surface area is 126 Å². The summed E-state index contributed by atoms with van der Waals surface area (Å²) in [6.45, 7) is 4.61. The summed E-state index contributed by atoms with van der Waals surface area (Å²) in [4.78, 5) is 27.2. The Morgan fingerprint density at radius 2 is 2.05 bits per heavy atom. The fraction of sp³-hybridized carbons (Fsp3) is 0.867. The average molecular weight is 298 g/mol. The van der Waals surface area contributed by atoms with Crippen molar-refractivity contribution in [2.75, 3.05) is 39.8 Å². The summed E-state index contributed by atoms with van der Waals surface area (Å²) < 4.78 is 5.04. The quantitative estimate of drug-likeness (QED) is 0.753. The molecule has 1 amide bonds. The number of ether oxygens (including phenoxy) is 1. The monoisotopic (exact) mass is 298 g/mol. The first-order valence-corrected chi connectivity index (χ1v) is 7.79. The van der Waals surface area contributed by atoms with Gasteiger partial charge in [0.15, 0.2) is 0 Å². The van der Waals surface area contributed by atoms with Crippen LogP contribution in [0.2, 0.25) is 0 Å². The lowest BCUT2D eigenvalue weighted by molar-refractivity contribution is -0.151. The first-order valence-electron chi connectivity index (χ1n) is 7.79. The lowest BCUT2D eigenvalue weighted by Crippen LogP contribution is -2.54. The predicted molar refractivity (Wildman–Crippen MR) is 77.6 cm³/mol. The largest absolute Gasteiger partial charge is 0.466 e. The van der Waals surface area contributed by atoms with E-state index in [1.165, 1.54) is 0 Å². The van der Waals surface area contributed by atoms with E-state index >= 15 is 0 Å². The molecule has 1 aliphatic carbocycles. The van der Waals surface area contributed by atoms with E-state index in [1.807, 2.05) is 4.90 Å². The molecule has 2 fully saturated rings. The third kappa shape index (κ3) is 4.17. The molecule has 1 saturated heterocycles. The molecule has 6 heteroatoms.